The van der Waals surface area contributed by atoms with Crippen molar-refractivity contribution in [3.05, 3.63) is 47.8 Å². The molecule has 3 rings (SSSR count). The number of nitrogens with one attached hydrogen (secondary N) is 1. The Balaban J connectivity index is 1.51. The first-order valence-electron chi connectivity index (χ1n) is 9.53. The summed E-state index contributed by atoms with van der Waals surface area (Å²) in [6.07, 6.45) is 5.04. The van der Waals surface area contributed by atoms with E-state index in [0.29, 0.717) is 17.4 Å². The second-order valence-corrected chi connectivity index (χ2v) is 7.45. The normalized spacial score (nSPS) is 22.3. The number of amides is 1. The molecule has 0 radical (unpaired) electrons. The molecule has 1 aliphatic carbocycles. The van der Waals surface area contributed by atoms with Crippen molar-refractivity contribution < 1.29 is 14.3 Å². The Bertz CT molecular complexity index is 797. The quantitative estimate of drug-likeness (QED) is 0.821. The Labute approximate surface area is 159 Å². The average molecular weight is 369 g/mol. The molecule has 0 saturated heterocycles. The lowest BCUT2D eigenvalue weighted by Gasteiger charge is -2.34. The molecule has 0 spiro atoms. The molecule has 1 aromatic carbocycles. The number of hydrogen-bond acceptors (Lipinski definition) is 4. The van der Waals surface area contributed by atoms with Crippen molar-refractivity contribution in [1.29, 1.82) is 0 Å². The molecule has 6 nitrogen and oxygen atoms in total. The lowest BCUT2D eigenvalue weighted by atomic mass is 9.78. The molecule has 1 heterocycles. The predicted octanol–water partition coefficient (Wildman–Crippen LogP) is 3.28. The van der Waals surface area contributed by atoms with Crippen LogP contribution in [0.15, 0.2) is 36.5 Å². The van der Waals surface area contributed by atoms with Crippen LogP contribution in [0.1, 0.15) is 49.2 Å². The zero-order valence-electron chi connectivity index (χ0n) is 16.1. The van der Waals surface area contributed by atoms with Crippen LogP contribution in [0, 0.1) is 18.8 Å². The zero-order valence-corrected chi connectivity index (χ0v) is 16.1. The number of esters is 1. The first-order chi connectivity index (χ1) is 13.0. The molecule has 1 N–H and O–H groups in total. The smallest absolute Gasteiger partial charge is 0.338 e. The van der Waals surface area contributed by atoms with Crippen LogP contribution >= 0.6 is 0 Å². The maximum Gasteiger partial charge on any atom is 0.338 e. The fourth-order valence-corrected chi connectivity index (χ4v) is 3.63. The third kappa shape index (κ3) is 4.56. The number of aromatic nitrogens is 2. The predicted molar refractivity (Wildman–Crippen MR) is 103 cm³/mol. The molecule has 1 aromatic heterocycles. The van der Waals surface area contributed by atoms with Gasteiger partial charge in [-0.15, -0.1) is 0 Å². The molecule has 27 heavy (non-hydrogen) atoms. The van der Waals surface area contributed by atoms with Gasteiger partial charge in [0.05, 0.1) is 11.3 Å². The van der Waals surface area contributed by atoms with Gasteiger partial charge in [0.15, 0.2) is 6.61 Å². The minimum Gasteiger partial charge on any atom is -0.452 e. The van der Waals surface area contributed by atoms with Gasteiger partial charge in [-0.2, -0.15) is 5.10 Å². The van der Waals surface area contributed by atoms with Crippen LogP contribution in [0.5, 0.6) is 0 Å². The zero-order chi connectivity index (χ0) is 19.4. The summed E-state index contributed by atoms with van der Waals surface area (Å²) in [7, 11) is 0. The molecule has 1 amide bonds. The van der Waals surface area contributed by atoms with Gasteiger partial charge in [-0.25, -0.2) is 9.48 Å². The van der Waals surface area contributed by atoms with Gasteiger partial charge in [-0.1, -0.05) is 26.7 Å². The summed E-state index contributed by atoms with van der Waals surface area (Å²) in [5.41, 5.74) is 2.29. The van der Waals surface area contributed by atoms with E-state index in [1.807, 2.05) is 25.1 Å². The number of rotatable bonds is 5. The molecule has 2 aromatic rings. The Morgan fingerprint density at radius 3 is 2.59 bits per heavy atom. The van der Waals surface area contributed by atoms with E-state index < -0.39 is 5.97 Å². The Morgan fingerprint density at radius 2 is 1.93 bits per heavy atom. The van der Waals surface area contributed by atoms with Crippen LogP contribution in [0.25, 0.3) is 5.69 Å². The second kappa shape index (κ2) is 8.37. The molecule has 0 unspecified atom stereocenters. The average Bonchev–Trinajstić information content (AvgIpc) is 3.09. The summed E-state index contributed by atoms with van der Waals surface area (Å²) in [4.78, 5) is 24.3. The number of benzene rings is 1. The standard InChI is InChI=1S/C21H27N3O3/c1-14-5-4-6-19(16(14)3)23-20(25)13-27-21(26)17-7-9-18(10-8-17)24-15(2)11-12-22-24/h7-12,14,16,19H,4-6,13H2,1-3H3,(H,23,25)/t14-,16-,19-/m0/s1. The number of carbonyl (C=O) groups excluding carboxylic acids is 2. The second-order valence-electron chi connectivity index (χ2n) is 7.45. The summed E-state index contributed by atoms with van der Waals surface area (Å²) >= 11 is 0. The first kappa shape index (κ1) is 19.1. The van der Waals surface area contributed by atoms with E-state index in [1.54, 1.807) is 23.0 Å². The highest BCUT2D eigenvalue weighted by atomic mass is 16.5. The molecule has 1 fully saturated rings. The monoisotopic (exact) mass is 369 g/mol. The van der Waals surface area contributed by atoms with Crippen LogP contribution < -0.4 is 5.32 Å². The number of nitrogens with zero attached hydrogens (tertiary/aromatic N) is 2. The third-order valence-electron chi connectivity index (χ3n) is 5.57. The lowest BCUT2D eigenvalue weighted by Crippen LogP contribution is -2.45. The minimum absolute atomic E-state index is 0.163. The van der Waals surface area contributed by atoms with Crippen LogP contribution in [0.2, 0.25) is 0 Å². The van der Waals surface area contributed by atoms with Crippen LogP contribution in [0.3, 0.4) is 0 Å². The minimum atomic E-state index is -0.501. The number of ether oxygens (including phenoxy) is 1. The Morgan fingerprint density at radius 1 is 1.19 bits per heavy atom. The maximum atomic E-state index is 12.2. The fourth-order valence-electron chi connectivity index (χ4n) is 3.63. The van der Waals surface area contributed by atoms with E-state index in [1.165, 1.54) is 6.42 Å². The number of carbonyl (C=O) groups is 2. The van der Waals surface area contributed by atoms with Crippen molar-refractivity contribution in [1.82, 2.24) is 15.1 Å². The molecule has 0 bridgehead atoms. The van der Waals surface area contributed by atoms with Crippen LogP contribution in [-0.4, -0.2) is 34.3 Å². The Hall–Kier alpha value is -2.63. The van der Waals surface area contributed by atoms with Crippen molar-refractivity contribution >= 4 is 11.9 Å². The van der Waals surface area contributed by atoms with E-state index in [2.05, 4.69) is 24.3 Å². The molecule has 3 atom stereocenters. The molecular formula is C21H27N3O3. The molecule has 1 aliphatic rings. The summed E-state index contributed by atoms with van der Waals surface area (Å²) in [5, 5.41) is 7.25. The molecule has 6 heteroatoms. The van der Waals surface area contributed by atoms with Gasteiger partial charge in [-0.3, -0.25) is 4.79 Å². The van der Waals surface area contributed by atoms with Crippen LogP contribution in [-0.2, 0) is 9.53 Å². The number of aryl methyl sites for hydroxylation is 1. The maximum absolute atomic E-state index is 12.2. The van der Waals surface area contributed by atoms with Gasteiger partial charge >= 0.3 is 5.97 Å². The van der Waals surface area contributed by atoms with Gasteiger partial charge in [0.1, 0.15) is 0 Å². The van der Waals surface area contributed by atoms with Gasteiger partial charge in [0.25, 0.3) is 5.91 Å². The van der Waals surface area contributed by atoms with E-state index >= 15 is 0 Å². The molecular weight excluding hydrogens is 342 g/mol. The fraction of sp³-hybridized carbons (Fsp3) is 0.476. The van der Waals surface area contributed by atoms with Crippen molar-refractivity contribution in [3.63, 3.8) is 0 Å². The van der Waals surface area contributed by atoms with Crippen molar-refractivity contribution in [2.45, 2.75) is 46.1 Å². The van der Waals surface area contributed by atoms with Crippen molar-refractivity contribution in [2.24, 2.45) is 11.8 Å². The highest BCUT2D eigenvalue weighted by Gasteiger charge is 2.28. The van der Waals surface area contributed by atoms with E-state index in [0.717, 1.165) is 24.2 Å². The summed E-state index contributed by atoms with van der Waals surface area (Å²) in [6, 6.07) is 9.05. The topological polar surface area (TPSA) is 73.2 Å². The molecule has 0 aliphatic heterocycles. The van der Waals surface area contributed by atoms with Crippen molar-refractivity contribution in [2.75, 3.05) is 6.61 Å². The summed E-state index contributed by atoms with van der Waals surface area (Å²) < 4.78 is 6.96. The van der Waals surface area contributed by atoms with Gasteiger partial charge in [0.2, 0.25) is 0 Å². The highest BCUT2D eigenvalue weighted by Crippen LogP contribution is 2.29. The first-order valence-corrected chi connectivity index (χ1v) is 9.53. The van der Waals surface area contributed by atoms with Gasteiger partial charge < -0.3 is 10.1 Å². The van der Waals surface area contributed by atoms with E-state index in [4.69, 9.17) is 4.74 Å². The van der Waals surface area contributed by atoms with E-state index in [9.17, 15) is 9.59 Å². The lowest BCUT2D eigenvalue weighted by molar-refractivity contribution is -0.125. The summed E-state index contributed by atoms with van der Waals surface area (Å²) in [6.45, 7) is 6.10. The molecule has 1 saturated carbocycles. The largest absolute Gasteiger partial charge is 0.452 e. The molecule has 144 valence electrons. The van der Waals surface area contributed by atoms with Crippen LogP contribution in [0.4, 0.5) is 0 Å². The summed E-state index contributed by atoms with van der Waals surface area (Å²) in [5.74, 6) is 0.303. The SMILES string of the molecule is Cc1ccnn1-c1ccc(C(=O)OCC(=O)N[C@H]2CCC[C@H](C)[C@@H]2C)cc1. The third-order valence-corrected chi connectivity index (χ3v) is 5.57. The van der Waals surface area contributed by atoms with Gasteiger partial charge in [0, 0.05) is 17.9 Å². The van der Waals surface area contributed by atoms with Gasteiger partial charge in [-0.05, 0) is 55.5 Å². The van der Waals surface area contributed by atoms with E-state index in [-0.39, 0.29) is 18.6 Å². The Kier molecular flexibility index (Phi) is 5.94. The van der Waals surface area contributed by atoms with Crippen molar-refractivity contribution in [3.8, 4) is 5.69 Å². The highest BCUT2D eigenvalue weighted by molar-refractivity contribution is 5.91. The number of hydrogen-bond donors (Lipinski definition) is 1.